The highest BCUT2D eigenvalue weighted by Gasteiger charge is 2.31. The molecule has 2 rings (SSSR count). The van der Waals surface area contributed by atoms with Crippen molar-refractivity contribution in [2.75, 3.05) is 18.6 Å². The molecular formula is C12H18N4O2. The predicted octanol–water partition coefficient (Wildman–Crippen LogP) is 1.02. The fourth-order valence-electron chi connectivity index (χ4n) is 2.12. The maximum atomic E-state index is 11.8. The number of hydrogen-bond donors (Lipinski definition) is 0. The summed E-state index contributed by atoms with van der Waals surface area (Å²) in [5.74, 6) is 0.296. The SMILES string of the molecule is COC(=O)C1CCCCN1c1nnc(C)c(C)n1. The third-order valence-electron chi connectivity index (χ3n) is 3.31. The molecule has 0 amide bonds. The molecule has 1 aliphatic rings. The van der Waals surface area contributed by atoms with E-state index in [1.54, 1.807) is 0 Å². The minimum absolute atomic E-state index is 0.225. The Morgan fingerprint density at radius 3 is 2.72 bits per heavy atom. The second kappa shape index (κ2) is 5.29. The van der Waals surface area contributed by atoms with Crippen molar-refractivity contribution >= 4 is 11.9 Å². The molecule has 1 aliphatic heterocycles. The topological polar surface area (TPSA) is 68.2 Å². The van der Waals surface area contributed by atoms with E-state index in [1.165, 1.54) is 7.11 Å². The molecule has 1 atom stereocenters. The third-order valence-corrected chi connectivity index (χ3v) is 3.31. The number of aryl methyl sites for hydroxylation is 2. The Kier molecular flexibility index (Phi) is 3.74. The minimum Gasteiger partial charge on any atom is -0.467 e. The Hall–Kier alpha value is -1.72. The van der Waals surface area contributed by atoms with Gasteiger partial charge in [-0.25, -0.2) is 9.78 Å². The van der Waals surface area contributed by atoms with Crippen LogP contribution in [0.25, 0.3) is 0 Å². The van der Waals surface area contributed by atoms with Crippen LogP contribution >= 0.6 is 0 Å². The number of esters is 1. The van der Waals surface area contributed by atoms with Gasteiger partial charge in [0.05, 0.1) is 18.5 Å². The second-order valence-corrected chi connectivity index (χ2v) is 4.51. The highest BCUT2D eigenvalue weighted by molar-refractivity contribution is 5.79. The van der Waals surface area contributed by atoms with Crippen molar-refractivity contribution in [2.45, 2.75) is 39.2 Å². The standard InChI is InChI=1S/C12H18N4O2/c1-8-9(2)14-15-12(13-8)16-7-5-4-6-10(16)11(17)18-3/h10H,4-7H2,1-3H3. The predicted molar refractivity (Wildman–Crippen MR) is 66.3 cm³/mol. The largest absolute Gasteiger partial charge is 0.467 e. The van der Waals surface area contributed by atoms with Gasteiger partial charge in [-0.1, -0.05) is 0 Å². The molecule has 1 saturated heterocycles. The zero-order valence-corrected chi connectivity index (χ0v) is 11.0. The molecule has 1 aromatic heterocycles. The van der Waals surface area contributed by atoms with E-state index >= 15 is 0 Å². The van der Waals surface area contributed by atoms with Crippen LogP contribution in [0.5, 0.6) is 0 Å². The van der Waals surface area contributed by atoms with Crippen molar-refractivity contribution in [1.29, 1.82) is 0 Å². The molecule has 1 unspecified atom stereocenters. The van der Waals surface area contributed by atoms with Crippen LogP contribution in [-0.4, -0.2) is 40.8 Å². The Bertz CT molecular complexity index is 450. The van der Waals surface area contributed by atoms with Gasteiger partial charge < -0.3 is 9.64 Å². The van der Waals surface area contributed by atoms with Crippen LogP contribution in [0, 0.1) is 13.8 Å². The lowest BCUT2D eigenvalue weighted by Crippen LogP contribution is -2.46. The smallest absolute Gasteiger partial charge is 0.328 e. The maximum Gasteiger partial charge on any atom is 0.328 e. The van der Waals surface area contributed by atoms with Crippen molar-refractivity contribution in [3.8, 4) is 0 Å². The number of hydrogen-bond acceptors (Lipinski definition) is 6. The van der Waals surface area contributed by atoms with E-state index in [0.717, 1.165) is 37.2 Å². The molecule has 0 aliphatic carbocycles. The maximum absolute atomic E-state index is 11.8. The summed E-state index contributed by atoms with van der Waals surface area (Å²) in [5, 5.41) is 8.15. The summed E-state index contributed by atoms with van der Waals surface area (Å²) in [7, 11) is 1.41. The summed E-state index contributed by atoms with van der Waals surface area (Å²) in [6.07, 6.45) is 2.83. The first kappa shape index (κ1) is 12.7. The number of methoxy groups -OCH3 is 1. The van der Waals surface area contributed by atoms with Gasteiger partial charge in [0.2, 0.25) is 5.95 Å². The lowest BCUT2D eigenvalue weighted by atomic mass is 10.0. The molecule has 0 bridgehead atoms. The Morgan fingerprint density at radius 2 is 2.06 bits per heavy atom. The molecule has 1 aromatic rings. The number of aromatic nitrogens is 3. The molecule has 0 aromatic carbocycles. The molecule has 2 heterocycles. The van der Waals surface area contributed by atoms with Crippen molar-refractivity contribution in [3.05, 3.63) is 11.4 Å². The van der Waals surface area contributed by atoms with Crippen molar-refractivity contribution in [1.82, 2.24) is 15.2 Å². The number of carbonyl (C=O) groups is 1. The summed E-state index contributed by atoms with van der Waals surface area (Å²) in [5.41, 5.74) is 1.65. The van der Waals surface area contributed by atoms with Gasteiger partial charge in [0.15, 0.2) is 0 Å². The zero-order chi connectivity index (χ0) is 13.1. The van der Waals surface area contributed by atoms with Gasteiger partial charge in [-0.15, -0.1) is 5.10 Å². The van der Waals surface area contributed by atoms with Gasteiger partial charge in [-0.2, -0.15) is 5.10 Å². The summed E-state index contributed by atoms with van der Waals surface area (Å²) in [6, 6.07) is -0.285. The summed E-state index contributed by atoms with van der Waals surface area (Å²) >= 11 is 0. The summed E-state index contributed by atoms with van der Waals surface area (Å²) in [4.78, 5) is 18.1. The monoisotopic (exact) mass is 250 g/mol. The van der Waals surface area contributed by atoms with E-state index in [1.807, 2.05) is 18.7 Å². The number of ether oxygens (including phenoxy) is 1. The summed E-state index contributed by atoms with van der Waals surface area (Å²) in [6.45, 7) is 4.53. The fourth-order valence-corrected chi connectivity index (χ4v) is 2.12. The van der Waals surface area contributed by atoms with Gasteiger partial charge in [-0.05, 0) is 33.1 Å². The van der Waals surface area contributed by atoms with Gasteiger partial charge in [0.1, 0.15) is 6.04 Å². The lowest BCUT2D eigenvalue weighted by molar-refractivity contribution is -0.142. The number of nitrogens with zero attached hydrogens (tertiary/aromatic N) is 4. The first-order valence-electron chi connectivity index (χ1n) is 6.16. The molecule has 0 radical (unpaired) electrons. The van der Waals surface area contributed by atoms with E-state index in [2.05, 4.69) is 15.2 Å². The number of carbonyl (C=O) groups excluding carboxylic acids is 1. The van der Waals surface area contributed by atoms with E-state index in [4.69, 9.17) is 4.74 Å². The molecule has 0 spiro atoms. The van der Waals surface area contributed by atoms with Crippen LogP contribution in [0.4, 0.5) is 5.95 Å². The minimum atomic E-state index is -0.285. The van der Waals surface area contributed by atoms with Crippen molar-refractivity contribution < 1.29 is 9.53 Å². The Labute approximate surface area is 106 Å². The van der Waals surface area contributed by atoms with Gasteiger partial charge in [0.25, 0.3) is 0 Å². The van der Waals surface area contributed by atoms with Crippen molar-refractivity contribution in [2.24, 2.45) is 0 Å². The van der Waals surface area contributed by atoms with E-state index < -0.39 is 0 Å². The Morgan fingerprint density at radius 1 is 1.28 bits per heavy atom. The average molecular weight is 250 g/mol. The molecule has 0 N–H and O–H groups in total. The lowest BCUT2D eigenvalue weighted by Gasteiger charge is -2.33. The van der Waals surface area contributed by atoms with Crippen molar-refractivity contribution in [3.63, 3.8) is 0 Å². The molecular weight excluding hydrogens is 232 g/mol. The first-order chi connectivity index (χ1) is 8.63. The molecule has 6 heteroatoms. The molecule has 1 fully saturated rings. The number of anilines is 1. The highest BCUT2D eigenvalue weighted by atomic mass is 16.5. The number of piperidine rings is 1. The molecule has 6 nitrogen and oxygen atoms in total. The van der Waals surface area contributed by atoms with Gasteiger partial charge >= 0.3 is 5.97 Å². The van der Waals surface area contributed by atoms with Crippen LogP contribution in [-0.2, 0) is 9.53 Å². The van der Waals surface area contributed by atoms with E-state index in [0.29, 0.717) is 5.95 Å². The van der Waals surface area contributed by atoms with Crippen LogP contribution in [0.15, 0.2) is 0 Å². The molecule has 98 valence electrons. The normalized spacial score (nSPS) is 19.7. The van der Waals surface area contributed by atoms with Crippen LogP contribution in [0.1, 0.15) is 30.7 Å². The van der Waals surface area contributed by atoms with Gasteiger partial charge in [-0.3, -0.25) is 0 Å². The second-order valence-electron chi connectivity index (χ2n) is 4.51. The molecule has 0 saturated carbocycles. The first-order valence-corrected chi connectivity index (χ1v) is 6.16. The van der Waals surface area contributed by atoms with Crippen LogP contribution in [0.3, 0.4) is 0 Å². The molecule has 18 heavy (non-hydrogen) atoms. The summed E-state index contributed by atoms with van der Waals surface area (Å²) < 4.78 is 4.84. The van der Waals surface area contributed by atoms with E-state index in [-0.39, 0.29) is 12.0 Å². The van der Waals surface area contributed by atoms with Crippen LogP contribution < -0.4 is 4.90 Å². The fraction of sp³-hybridized carbons (Fsp3) is 0.667. The Balaban J connectivity index is 2.27. The van der Waals surface area contributed by atoms with E-state index in [9.17, 15) is 4.79 Å². The quantitative estimate of drug-likeness (QED) is 0.730. The third kappa shape index (κ3) is 2.42. The zero-order valence-electron chi connectivity index (χ0n) is 11.0. The highest BCUT2D eigenvalue weighted by Crippen LogP contribution is 2.22. The number of rotatable bonds is 2. The van der Waals surface area contributed by atoms with Crippen LogP contribution in [0.2, 0.25) is 0 Å². The van der Waals surface area contributed by atoms with Gasteiger partial charge in [0, 0.05) is 6.54 Å². The average Bonchev–Trinajstić information content (AvgIpc) is 2.41.